The smallest absolute Gasteiger partial charge is 0.336 e. The second-order valence-electron chi connectivity index (χ2n) is 6.66. The maximum Gasteiger partial charge on any atom is 0.336 e. The van der Waals surface area contributed by atoms with Crippen LogP contribution >= 0.6 is 11.6 Å². The van der Waals surface area contributed by atoms with Crippen molar-refractivity contribution in [2.24, 2.45) is 0 Å². The number of fused-ring (bicyclic) bond motifs is 1. The first kappa shape index (κ1) is 16.9. The van der Waals surface area contributed by atoms with Crippen molar-refractivity contribution in [3.05, 3.63) is 69.5 Å². The number of phenolic OH excluding ortho intramolecular Hbond substituents is 1. The molecule has 26 heavy (non-hydrogen) atoms. The SMILES string of the molecule is O=c1cc(C[NH+]2CCN(c3cccc(Cl)c3)CC2)c2cc(O)ccc2o1. The second-order valence-corrected chi connectivity index (χ2v) is 7.10. The van der Waals surface area contributed by atoms with E-state index >= 15 is 0 Å². The number of aromatic hydroxyl groups is 1. The monoisotopic (exact) mass is 371 g/mol. The first-order valence-electron chi connectivity index (χ1n) is 8.68. The molecule has 5 nitrogen and oxygen atoms in total. The van der Waals surface area contributed by atoms with Crippen molar-refractivity contribution >= 4 is 28.3 Å². The van der Waals surface area contributed by atoms with Crippen molar-refractivity contribution in [3.63, 3.8) is 0 Å². The molecule has 134 valence electrons. The van der Waals surface area contributed by atoms with Crippen LogP contribution in [-0.4, -0.2) is 31.3 Å². The Bertz CT molecular complexity index is 994. The minimum Gasteiger partial charge on any atom is -0.508 e. The van der Waals surface area contributed by atoms with Gasteiger partial charge in [-0.2, -0.15) is 0 Å². The standard InChI is InChI=1S/C20H19ClN2O3/c21-15-2-1-3-16(11-15)23-8-6-22(7-9-23)13-14-10-20(25)26-19-5-4-17(24)12-18(14)19/h1-5,10-12,24H,6-9,13H2/p+1. The zero-order valence-electron chi connectivity index (χ0n) is 14.2. The summed E-state index contributed by atoms with van der Waals surface area (Å²) >= 11 is 6.09. The Labute approximate surface area is 156 Å². The van der Waals surface area contributed by atoms with E-state index in [1.807, 2.05) is 18.2 Å². The summed E-state index contributed by atoms with van der Waals surface area (Å²) in [6.07, 6.45) is 0. The van der Waals surface area contributed by atoms with Crippen LogP contribution in [0.25, 0.3) is 11.0 Å². The van der Waals surface area contributed by atoms with E-state index in [9.17, 15) is 9.90 Å². The summed E-state index contributed by atoms with van der Waals surface area (Å²) in [6.45, 7) is 4.52. The molecule has 4 rings (SSSR count). The summed E-state index contributed by atoms with van der Waals surface area (Å²) < 4.78 is 5.24. The predicted octanol–water partition coefficient (Wildman–Crippen LogP) is 2.06. The van der Waals surface area contributed by atoms with E-state index in [-0.39, 0.29) is 11.4 Å². The van der Waals surface area contributed by atoms with Crippen molar-refractivity contribution < 1.29 is 14.4 Å². The second kappa shape index (κ2) is 7.02. The number of phenols is 1. The largest absolute Gasteiger partial charge is 0.508 e. The molecule has 2 heterocycles. The molecular weight excluding hydrogens is 352 g/mol. The highest BCUT2D eigenvalue weighted by Gasteiger charge is 2.22. The van der Waals surface area contributed by atoms with E-state index < -0.39 is 0 Å². The van der Waals surface area contributed by atoms with Gasteiger partial charge in [-0.15, -0.1) is 0 Å². The molecule has 2 aromatic carbocycles. The molecule has 0 saturated carbocycles. The Morgan fingerprint density at radius 2 is 1.92 bits per heavy atom. The highest BCUT2D eigenvalue weighted by Crippen LogP contribution is 2.22. The highest BCUT2D eigenvalue weighted by molar-refractivity contribution is 6.30. The number of rotatable bonds is 3. The first-order valence-corrected chi connectivity index (χ1v) is 9.06. The van der Waals surface area contributed by atoms with E-state index in [0.717, 1.165) is 54.4 Å². The number of halogens is 1. The van der Waals surface area contributed by atoms with E-state index in [2.05, 4.69) is 11.0 Å². The van der Waals surface area contributed by atoms with E-state index in [1.54, 1.807) is 12.1 Å². The number of hydrogen-bond acceptors (Lipinski definition) is 4. The molecule has 1 saturated heterocycles. The molecule has 0 unspecified atom stereocenters. The van der Waals surface area contributed by atoms with Gasteiger partial charge in [0.05, 0.1) is 26.2 Å². The number of hydrogen-bond donors (Lipinski definition) is 2. The van der Waals surface area contributed by atoms with Crippen molar-refractivity contribution in [2.45, 2.75) is 6.54 Å². The van der Waals surface area contributed by atoms with Gasteiger partial charge in [-0.3, -0.25) is 0 Å². The third kappa shape index (κ3) is 3.54. The Morgan fingerprint density at radius 3 is 2.69 bits per heavy atom. The quantitative estimate of drug-likeness (QED) is 0.692. The van der Waals surface area contributed by atoms with Gasteiger partial charge >= 0.3 is 5.63 Å². The van der Waals surface area contributed by atoms with Gasteiger partial charge in [-0.25, -0.2) is 4.79 Å². The number of benzene rings is 2. The molecule has 3 aromatic rings. The first-order chi connectivity index (χ1) is 12.6. The van der Waals surface area contributed by atoms with E-state index in [0.29, 0.717) is 5.58 Å². The topological polar surface area (TPSA) is 58.1 Å². The Balaban J connectivity index is 1.50. The summed E-state index contributed by atoms with van der Waals surface area (Å²) in [6, 6.07) is 14.3. The van der Waals surface area contributed by atoms with Gasteiger partial charge in [0.25, 0.3) is 0 Å². The number of quaternary nitrogens is 1. The lowest BCUT2D eigenvalue weighted by atomic mass is 10.1. The molecule has 0 radical (unpaired) electrons. The van der Waals surface area contributed by atoms with Gasteiger partial charge in [0.15, 0.2) is 0 Å². The lowest BCUT2D eigenvalue weighted by Gasteiger charge is -2.33. The van der Waals surface area contributed by atoms with Crippen LogP contribution in [0.2, 0.25) is 5.02 Å². The summed E-state index contributed by atoms with van der Waals surface area (Å²) in [5.74, 6) is 0.174. The van der Waals surface area contributed by atoms with Crippen LogP contribution in [0.1, 0.15) is 5.56 Å². The lowest BCUT2D eigenvalue weighted by Crippen LogP contribution is -3.13. The van der Waals surface area contributed by atoms with Crippen molar-refractivity contribution in [3.8, 4) is 5.75 Å². The normalized spacial score (nSPS) is 15.5. The maximum atomic E-state index is 11.8. The zero-order chi connectivity index (χ0) is 18.1. The van der Waals surface area contributed by atoms with Gasteiger partial charge in [0.1, 0.15) is 17.9 Å². The summed E-state index contributed by atoms with van der Waals surface area (Å²) in [4.78, 5) is 15.6. The van der Waals surface area contributed by atoms with Crippen LogP contribution < -0.4 is 15.4 Å². The molecule has 0 atom stereocenters. The zero-order valence-corrected chi connectivity index (χ0v) is 15.0. The lowest BCUT2D eigenvalue weighted by molar-refractivity contribution is -0.914. The number of piperazine rings is 1. The molecule has 0 aliphatic carbocycles. The van der Waals surface area contributed by atoms with Gasteiger partial charge in [-0.05, 0) is 36.4 Å². The molecule has 1 aliphatic heterocycles. The van der Waals surface area contributed by atoms with E-state index in [4.69, 9.17) is 16.0 Å². The molecular formula is C20H20ClN2O3+. The van der Waals surface area contributed by atoms with E-state index in [1.165, 1.54) is 17.0 Å². The van der Waals surface area contributed by atoms with Crippen LogP contribution in [0.15, 0.2) is 57.7 Å². The van der Waals surface area contributed by atoms with Gasteiger partial charge in [0.2, 0.25) is 0 Å². The number of anilines is 1. The van der Waals surface area contributed by atoms with Crippen LogP contribution in [0, 0.1) is 0 Å². The molecule has 1 fully saturated rings. The average Bonchev–Trinajstić information content (AvgIpc) is 2.63. The molecule has 2 N–H and O–H groups in total. The third-order valence-corrected chi connectivity index (χ3v) is 5.13. The van der Waals surface area contributed by atoms with Crippen LogP contribution in [-0.2, 0) is 6.54 Å². The maximum absolute atomic E-state index is 11.8. The Kier molecular flexibility index (Phi) is 4.57. The van der Waals surface area contributed by atoms with Crippen molar-refractivity contribution in [1.82, 2.24) is 0 Å². The third-order valence-electron chi connectivity index (χ3n) is 4.90. The minimum atomic E-state index is -0.352. The molecule has 1 aromatic heterocycles. The fourth-order valence-corrected chi connectivity index (χ4v) is 3.75. The fourth-order valence-electron chi connectivity index (χ4n) is 3.56. The van der Waals surface area contributed by atoms with Gasteiger partial charge < -0.3 is 19.3 Å². The summed E-state index contributed by atoms with van der Waals surface area (Å²) in [5, 5.41) is 11.3. The van der Waals surface area contributed by atoms with Crippen LogP contribution in [0.5, 0.6) is 5.75 Å². The fraction of sp³-hybridized carbons (Fsp3) is 0.250. The van der Waals surface area contributed by atoms with Crippen molar-refractivity contribution in [2.75, 3.05) is 31.1 Å². The highest BCUT2D eigenvalue weighted by atomic mass is 35.5. The molecule has 6 heteroatoms. The molecule has 0 amide bonds. The van der Waals surface area contributed by atoms with Gasteiger partial charge in [-0.1, -0.05) is 17.7 Å². The number of nitrogens with zero attached hydrogens (tertiary/aromatic N) is 1. The van der Waals surface area contributed by atoms with Crippen LogP contribution in [0.3, 0.4) is 0 Å². The van der Waals surface area contributed by atoms with Crippen LogP contribution in [0.4, 0.5) is 5.69 Å². The van der Waals surface area contributed by atoms with Crippen molar-refractivity contribution in [1.29, 1.82) is 0 Å². The summed E-state index contributed by atoms with van der Waals surface area (Å²) in [7, 11) is 0. The Hall–Kier alpha value is -2.50. The number of nitrogens with one attached hydrogen (secondary N) is 1. The predicted molar refractivity (Wildman–Crippen MR) is 102 cm³/mol. The van der Waals surface area contributed by atoms with Gasteiger partial charge in [0, 0.05) is 27.7 Å². The molecule has 1 aliphatic rings. The molecule has 0 spiro atoms. The minimum absolute atomic E-state index is 0.174. The summed E-state index contributed by atoms with van der Waals surface area (Å²) in [5.41, 5.74) is 2.23. The molecule has 0 bridgehead atoms. The average molecular weight is 372 g/mol. The Morgan fingerprint density at radius 1 is 1.12 bits per heavy atom.